The van der Waals surface area contributed by atoms with Crippen LogP contribution in [-0.2, 0) is 9.53 Å². The largest absolute Gasteiger partial charge is 0.463 e. The lowest BCUT2D eigenvalue weighted by atomic mass is 9.92. The summed E-state index contributed by atoms with van der Waals surface area (Å²) in [6, 6.07) is 0. The second kappa shape index (κ2) is 13.2. The minimum Gasteiger partial charge on any atom is -0.463 e. The number of carbonyl (C=O) groups excluding carboxylic acids is 1. The molecule has 0 heterocycles. The fraction of sp³-hybridized carbons (Fsp3) is 0.947. The molecule has 0 aliphatic heterocycles. The molecule has 0 saturated carbocycles. The zero-order valence-electron chi connectivity index (χ0n) is 15.1. The van der Waals surface area contributed by atoms with Gasteiger partial charge in [-0.2, -0.15) is 0 Å². The van der Waals surface area contributed by atoms with Gasteiger partial charge in [-0.25, -0.2) is 0 Å². The highest BCUT2D eigenvalue weighted by atomic mass is 16.5. The third kappa shape index (κ3) is 12.9. The molecule has 0 aliphatic carbocycles. The molecular weight excluding hydrogens is 260 g/mol. The Labute approximate surface area is 133 Å². The van der Waals surface area contributed by atoms with E-state index < -0.39 is 0 Å². The molecule has 3 atom stereocenters. The van der Waals surface area contributed by atoms with E-state index in [-0.39, 0.29) is 12.1 Å². The normalized spacial score (nSPS) is 15.5. The molecule has 0 aromatic carbocycles. The standard InChI is InChI=1S/C19H38O2/c1-6-7-8-9-10-11-13-16(2)14-12-15-17(3)18(4)21-19(5)20/h16-18H,6-15H2,1-5H3/t16-,17+,18+/m1/s1. The Morgan fingerprint density at radius 1 is 0.857 bits per heavy atom. The van der Waals surface area contributed by atoms with E-state index in [4.69, 9.17) is 4.74 Å². The Morgan fingerprint density at radius 2 is 1.43 bits per heavy atom. The molecule has 2 heteroatoms. The molecule has 0 saturated heterocycles. The number of rotatable bonds is 13. The van der Waals surface area contributed by atoms with Crippen LogP contribution in [0.2, 0.25) is 0 Å². The van der Waals surface area contributed by atoms with E-state index in [9.17, 15) is 4.79 Å². The molecule has 126 valence electrons. The van der Waals surface area contributed by atoms with Gasteiger partial charge in [-0.3, -0.25) is 4.79 Å². The van der Waals surface area contributed by atoms with E-state index in [0.29, 0.717) is 5.92 Å². The Hall–Kier alpha value is -0.530. The van der Waals surface area contributed by atoms with Crippen molar-refractivity contribution in [2.75, 3.05) is 0 Å². The lowest BCUT2D eigenvalue weighted by molar-refractivity contribution is -0.147. The van der Waals surface area contributed by atoms with Gasteiger partial charge in [0.25, 0.3) is 0 Å². The maximum absolute atomic E-state index is 10.9. The van der Waals surface area contributed by atoms with Gasteiger partial charge in [0.15, 0.2) is 0 Å². The molecule has 0 spiro atoms. The molecular formula is C19H38O2. The van der Waals surface area contributed by atoms with Crippen molar-refractivity contribution < 1.29 is 9.53 Å². The summed E-state index contributed by atoms with van der Waals surface area (Å²) >= 11 is 0. The highest BCUT2D eigenvalue weighted by Gasteiger charge is 2.15. The van der Waals surface area contributed by atoms with E-state index >= 15 is 0 Å². The van der Waals surface area contributed by atoms with Crippen LogP contribution in [0.15, 0.2) is 0 Å². The van der Waals surface area contributed by atoms with Gasteiger partial charge in [0, 0.05) is 6.92 Å². The van der Waals surface area contributed by atoms with E-state index in [0.717, 1.165) is 12.3 Å². The predicted octanol–water partition coefficient (Wildman–Crippen LogP) is 6.13. The smallest absolute Gasteiger partial charge is 0.302 e. The Bertz CT molecular complexity index is 250. The molecule has 0 rings (SSSR count). The third-order valence-electron chi connectivity index (χ3n) is 4.56. The minimum atomic E-state index is -0.161. The van der Waals surface area contributed by atoms with E-state index in [2.05, 4.69) is 20.8 Å². The van der Waals surface area contributed by atoms with Crippen molar-refractivity contribution in [2.24, 2.45) is 11.8 Å². The van der Waals surface area contributed by atoms with Crippen molar-refractivity contribution in [3.63, 3.8) is 0 Å². The van der Waals surface area contributed by atoms with Crippen LogP contribution in [0.3, 0.4) is 0 Å². The van der Waals surface area contributed by atoms with Gasteiger partial charge in [0.2, 0.25) is 0 Å². The molecule has 0 bridgehead atoms. The zero-order chi connectivity index (χ0) is 16.1. The van der Waals surface area contributed by atoms with Crippen LogP contribution >= 0.6 is 0 Å². The summed E-state index contributed by atoms with van der Waals surface area (Å²) < 4.78 is 5.24. The molecule has 21 heavy (non-hydrogen) atoms. The maximum atomic E-state index is 10.9. The van der Waals surface area contributed by atoms with Gasteiger partial charge in [-0.15, -0.1) is 0 Å². The number of unbranched alkanes of at least 4 members (excludes halogenated alkanes) is 5. The first-order valence-electron chi connectivity index (χ1n) is 9.14. The lowest BCUT2D eigenvalue weighted by Crippen LogP contribution is -2.20. The molecule has 0 unspecified atom stereocenters. The van der Waals surface area contributed by atoms with Crippen LogP contribution in [0.4, 0.5) is 0 Å². The highest BCUT2D eigenvalue weighted by Crippen LogP contribution is 2.21. The van der Waals surface area contributed by atoms with Crippen LogP contribution in [-0.4, -0.2) is 12.1 Å². The van der Waals surface area contributed by atoms with Crippen LogP contribution in [0.5, 0.6) is 0 Å². The van der Waals surface area contributed by atoms with Crippen LogP contribution in [0, 0.1) is 11.8 Å². The zero-order valence-corrected chi connectivity index (χ0v) is 15.1. The second-order valence-electron chi connectivity index (χ2n) is 6.88. The summed E-state index contributed by atoms with van der Waals surface area (Å²) in [4.78, 5) is 10.9. The summed E-state index contributed by atoms with van der Waals surface area (Å²) in [6.45, 7) is 10.3. The lowest BCUT2D eigenvalue weighted by Gasteiger charge is -2.20. The Balaban J connectivity index is 3.51. The van der Waals surface area contributed by atoms with Gasteiger partial charge in [0.1, 0.15) is 6.10 Å². The summed E-state index contributed by atoms with van der Waals surface area (Å²) in [7, 11) is 0. The highest BCUT2D eigenvalue weighted by molar-refractivity contribution is 5.66. The van der Waals surface area contributed by atoms with Gasteiger partial charge < -0.3 is 4.74 Å². The van der Waals surface area contributed by atoms with Gasteiger partial charge in [-0.05, 0) is 25.2 Å². The number of ether oxygens (including phenoxy) is 1. The van der Waals surface area contributed by atoms with Crippen LogP contribution < -0.4 is 0 Å². The first-order chi connectivity index (χ1) is 9.97. The van der Waals surface area contributed by atoms with Gasteiger partial charge in [-0.1, -0.05) is 78.6 Å². The third-order valence-corrected chi connectivity index (χ3v) is 4.56. The first kappa shape index (κ1) is 20.5. The summed E-state index contributed by atoms with van der Waals surface area (Å²) in [5.74, 6) is 1.15. The number of hydrogen-bond acceptors (Lipinski definition) is 2. The first-order valence-corrected chi connectivity index (χ1v) is 9.14. The fourth-order valence-electron chi connectivity index (χ4n) is 2.82. The molecule has 0 amide bonds. The van der Waals surface area contributed by atoms with Crippen molar-refractivity contribution in [1.29, 1.82) is 0 Å². The van der Waals surface area contributed by atoms with Gasteiger partial charge >= 0.3 is 5.97 Å². The Morgan fingerprint density at radius 3 is 2.05 bits per heavy atom. The van der Waals surface area contributed by atoms with Gasteiger partial charge in [0.05, 0.1) is 0 Å². The van der Waals surface area contributed by atoms with Crippen molar-refractivity contribution in [3.8, 4) is 0 Å². The summed E-state index contributed by atoms with van der Waals surface area (Å²) in [6.07, 6.45) is 13.5. The topological polar surface area (TPSA) is 26.3 Å². The summed E-state index contributed by atoms with van der Waals surface area (Å²) in [5, 5.41) is 0. The van der Waals surface area contributed by atoms with Crippen molar-refractivity contribution in [3.05, 3.63) is 0 Å². The monoisotopic (exact) mass is 298 g/mol. The Kier molecular flexibility index (Phi) is 12.8. The van der Waals surface area contributed by atoms with E-state index in [1.54, 1.807) is 0 Å². The molecule has 2 nitrogen and oxygen atoms in total. The molecule has 0 aliphatic rings. The molecule has 0 radical (unpaired) electrons. The predicted molar refractivity (Wildman–Crippen MR) is 91.4 cm³/mol. The minimum absolute atomic E-state index is 0.0522. The van der Waals surface area contributed by atoms with Crippen molar-refractivity contribution in [1.82, 2.24) is 0 Å². The summed E-state index contributed by atoms with van der Waals surface area (Å²) in [5.41, 5.74) is 0. The molecule has 0 fully saturated rings. The average molecular weight is 299 g/mol. The van der Waals surface area contributed by atoms with E-state index in [1.807, 2.05) is 6.92 Å². The number of hydrogen-bond donors (Lipinski definition) is 0. The quantitative estimate of drug-likeness (QED) is 0.302. The van der Waals surface area contributed by atoms with E-state index in [1.165, 1.54) is 64.7 Å². The van der Waals surface area contributed by atoms with Crippen molar-refractivity contribution in [2.45, 2.75) is 105 Å². The molecule has 0 aromatic rings. The number of esters is 1. The SMILES string of the molecule is CCCCCCCC[C@@H](C)CCC[C@H](C)[C@H](C)OC(C)=O. The number of carbonyl (C=O) groups is 1. The van der Waals surface area contributed by atoms with Crippen molar-refractivity contribution >= 4 is 5.97 Å². The maximum Gasteiger partial charge on any atom is 0.302 e. The second-order valence-corrected chi connectivity index (χ2v) is 6.88. The fourth-order valence-corrected chi connectivity index (χ4v) is 2.82. The molecule has 0 N–H and O–H groups in total. The average Bonchev–Trinajstić information content (AvgIpc) is 2.41. The molecule has 0 aromatic heterocycles. The van der Waals surface area contributed by atoms with Crippen LogP contribution in [0.1, 0.15) is 98.8 Å². The van der Waals surface area contributed by atoms with Crippen LogP contribution in [0.25, 0.3) is 0 Å².